The molecule has 1 amide bonds. The van der Waals surface area contributed by atoms with Crippen molar-refractivity contribution in [2.24, 2.45) is 0 Å². The van der Waals surface area contributed by atoms with Crippen LogP contribution in [0.15, 0.2) is 42.5 Å². The van der Waals surface area contributed by atoms with Crippen molar-refractivity contribution in [3.05, 3.63) is 53.1 Å². The van der Waals surface area contributed by atoms with Gasteiger partial charge in [-0.1, -0.05) is 23.7 Å². The molecule has 0 saturated carbocycles. The van der Waals surface area contributed by atoms with Crippen molar-refractivity contribution in [3.8, 4) is 5.75 Å². The summed E-state index contributed by atoms with van der Waals surface area (Å²) >= 11 is 5.84. The average Bonchev–Trinajstić information content (AvgIpc) is 2.96. The highest BCUT2D eigenvalue weighted by Gasteiger charge is 2.30. The number of ether oxygens (including phenoxy) is 1. The lowest BCUT2D eigenvalue weighted by atomic mass is 10.1. The van der Waals surface area contributed by atoms with Gasteiger partial charge in [0.05, 0.1) is 25.0 Å². The highest BCUT2D eigenvalue weighted by molar-refractivity contribution is 7.93. The minimum absolute atomic E-state index is 0.114. The number of nitrogens with zero attached hydrogens (tertiary/aromatic N) is 1. The third-order valence-corrected chi connectivity index (χ3v) is 6.22. The summed E-state index contributed by atoms with van der Waals surface area (Å²) in [6.45, 7) is 0.404. The van der Waals surface area contributed by atoms with Gasteiger partial charge in [0.2, 0.25) is 15.9 Å². The number of hydrogen-bond donors (Lipinski definition) is 1. The predicted octanol–water partition coefficient (Wildman–Crippen LogP) is 3.07. The van der Waals surface area contributed by atoms with E-state index in [4.69, 9.17) is 16.3 Å². The topological polar surface area (TPSA) is 75.7 Å². The Bertz CT molecular complexity index is 913. The van der Waals surface area contributed by atoms with Gasteiger partial charge in [0.25, 0.3) is 0 Å². The second-order valence-electron chi connectivity index (χ2n) is 5.98. The van der Waals surface area contributed by atoms with Crippen molar-refractivity contribution in [2.45, 2.75) is 12.8 Å². The molecule has 0 bridgehead atoms. The van der Waals surface area contributed by atoms with Crippen LogP contribution in [0.1, 0.15) is 12.0 Å². The van der Waals surface area contributed by atoms with E-state index in [0.717, 1.165) is 5.56 Å². The Labute approximate surface area is 157 Å². The molecule has 3 rings (SSSR count). The summed E-state index contributed by atoms with van der Waals surface area (Å²) in [5, 5.41) is 3.41. The number of carbonyl (C=O) groups is 1. The Morgan fingerprint density at radius 1 is 1.23 bits per heavy atom. The monoisotopic (exact) mass is 394 g/mol. The Hall–Kier alpha value is -2.25. The maximum absolute atomic E-state index is 12.3. The van der Waals surface area contributed by atoms with E-state index in [1.807, 2.05) is 0 Å². The van der Waals surface area contributed by atoms with E-state index in [2.05, 4.69) is 5.32 Å². The van der Waals surface area contributed by atoms with Crippen molar-refractivity contribution >= 4 is 38.9 Å². The van der Waals surface area contributed by atoms with Crippen molar-refractivity contribution in [2.75, 3.05) is 29.0 Å². The summed E-state index contributed by atoms with van der Waals surface area (Å²) in [6, 6.07) is 12.0. The number of carbonyl (C=O) groups excluding carboxylic acids is 1. The second kappa shape index (κ2) is 7.55. The molecule has 6 nitrogen and oxygen atoms in total. The molecule has 1 saturated heterocycles. The van der Waals surface area contributed by atoms with E-state index in [-0.39, 0.29) is 18.1 Å². The summed E-state index contributed by atoms with van der Waals surface area (Å²) in [7, 11) is -1.86. The average molecular weight is 395 g/mol. The van der Waals surface area contributed by atoms with Crippen LogP contribution in [0.5, 0.6) is 5.75 Å². The van der Waals surface area contributed by atoms with Gasteiger partial charge in [-0.15, -0.1) is 0 Å². The third kappa shape index (κ3) is 4.11. The largest absolute Gasteiger partial charge is 0.495 e. The summed E-state index contributed by atoms with van der Waals surface area (Å²) < 4.78 is 31.0. The maximum atomic E-state index is 12.3. The molecule has 0 spiro atoms. The van der Waals surface area contributed by atoms with Crippen LogP contribution in [0, 0.1) is 0 Å². The highest BCUT2D eigenvalue weighted by Crippen LogP contribution is 2.35. The number of sulfonamides is 1. The molecule has 26 heavy (non-hydrogen) atoms. The first kappa shape index (κ1) is 18.5. The first-order valence-corrected chi connectivity index (χ1v) is 10.1. The Morgan fingerprint density at radius 2 is 1.96 bits per heavy atom. The molecule has 8 heteroatoms. The lowest BCUT2D eigenvalue weighted by molar-refractivity contribution is -0.115. The van der Waals surface area contributed by atoms with Gasteiger partial charge in [-0.25, -0.2) is 8.42 Å². The molecule has 1 aliphatic heterocycles. The number of amides is 1. The van der Waals surface area contributed by atoms with Gasteiger partial charge in [-0.05, 0) is 42.3 Å². The van der Waals surface area contributed by atoms with Gasteiger partial charge >= 0.3 is 0 Å². The molecular formula is C18H19ClN2O4S. The molecule has 1 heterocycles. The third-order valence-electron chi connectivity index (χ3n) is 4.11. The minimum atomic E-state index is -3.34. The zero-order valence-electron chi connectivity index (χ0n) is 14.2. The van der Waals surface area contributed by atoms with Crippen molar-refractivity contribution in [1.82, 2.24) is 0 Å². The van der Waals surface area contributed by atoms with Crippen LogP contribution in [-0.2, 0) is 21.2 Å². The van der Waals surface area contributed by atoms with Crippen LogP contribution in [0.3, 0.4) is 0 Å². The second-order valence-corrected chi connectivity index (χ2v) is 8.43. The quantitative estimate of drug-likeness (QED) is 0.845. The van der Waals surface area contributed by atoms with Crippen LogP contribution < -0.4 is 14.4 Å². The van der Waals surface area contributed by atoms with Crippen LogP contribution in [-0.4, -0.2) is 33.7 Å². The van der Waals surface area contributed by atoms with E-state index in [9.17, 15) is 13.2 Å². The summed E-state index contributed by atoms with van der Waals surface area (Å²) in [4.78, 5) is 12.3. The number of methoxy groups -OCH3 is 1. The molecule has 0 radical (unpaired) electrons. The number of anilines is 2. The van der Waals surface area contributed by atoms with Gasteiger partial charge in [0.1, 0.15) is 5.75 Å². The van der Waals surface area contributed by atoms with E-state index < -0.39 is 10.0 Å². The fourth-order valence-electron chi connectivity index (χ4n) is 2.87. The fraction of sp³-hybridized carbons (Fsp3) is 0.278. The van der Waals surface area contributed by atoms with Crippen LogP contribution in [0.4, 0.5) is 11.4 Å². The number of benzene rings is 2. The Kier molecular flexibility index (Phi) is 5.38. The van der Waals surface area contributed by atoms with Crippen molar-refractivity contribution in [1.29, 1.82) is 0 Å². The van der Waals surface area contributed by atoms with E-state index in [0.29, 0.717) is 35.1 Å². The number of rotatable bonds is 5. The summed E-state index contributed by atoms with van der Waals surface area (Å²) in [5.41, 5.74) is 1.79. The molecule has 1 N–H and O–H groups in total. The molecule has 2 aromatic carbocycles. The predicted molar refractivity (Wildman–Crippen MR) is 103 cm³/mol. The standard InChI is InChI=1S/C18H19ClN2O4S/c1-25-17-8-7-15(12-16(17)21-9-2-10-26(21,23)24)20-18(22)11-13-3-5-14(19)6-4-13/h3-8,12H,2,9-11H2,1H3,(H,20,22). The molecule has 0 atom stereocenters. The van der Waals surface area contributed by atoms with Gasteiger partial charge < -0.3 is 10.1 Å². The molecule has 2 aromatic rings. The Balaban J connectivity index is 1.79. The van der Waals surface area contributed by atoms with Gasteiger partial charge in [0, 0.05) is 17.3 Å². The van der Waals surface area contributed by atoms with E-state index in [1.165, 1.54) is 11.4 Å². The fourth-order valence-corrected chi connectivity index (χ4v) is 4.56. The minimum Gasteiger partial charge on any atom is -0.495 e. The molecule has 138 valence electrons. The van der Waals surface area contributed by atoms with Gasteiger partial charge in [-0.2, -0.15) is 0 Å². The Morgan fingerprint density at radius 3 is 2.58 bits per heavy atom. The molecule has 0 unspecified atom stereocenters. The normalized spacial score (nSPS) is 15.7. The molecule has 0 aromatic heterocycles. The smallest absolute Gasteiger partial charge is 0.235 e. The van der Waals surface area contributed by atoms with Crippen molar-refractivity contribution in [3.63, 3.8) is 0 Å². The maximum Gasteiger partial charge on any atom is 0.235 e. The molecule has 1 aliphatic rings. The number of halogens is 1. The molecular weight excluding hydrogens is 376 g/mol. The van der Waals surface area contributed by atoms with Crippen LogP contribution in [0.25, 0.3) is 0 Å². The summed E-state index contributed by atoms with van der Waals surface area (Å²) in [5.74, 6) is 0.363. The summed E-state index contributed by atoms with van der Waals surface area (Å²) in [6.07, 6.45) is 0.763. The zero-order chi connectivity index (χ0) is 18.7. The van der Waals surface area contributed by atoms with E-state index in [1.54, 1.807) is 42.5 Å². The first-order valence-electron chi connectivity index (χ1n) is 8.12. The molecule has 1 fully saturated rings. The van der Waals surface area contributed by atoms with E-state index >= 15 is 0 Å². The van der Waals surface area contributed by atoms with Crippen LogP contribution in [0.2, 0.25) is 5.02 Å². The number of nitrogens with one attached hydrogen (secondary N) is 1. The van der Waals surface area contributed by atoms with Crippen LogP contribution >= 0.6 is 11.6 Å². The highest BCUT2D eigenvalue weighted by atomic mass is 35.5. The SMILES string of the molecule is COc1ccc(NC(=O)Cc2ccc(Cl)cc2)cc1N1CCCS1(=O)=O. The lowest BCUT2D eigenvalue weighted by Gasteiger charge is -2.20. The lowest BCUT2D eigenvalue weighted by Crippen LogP contribution is -2.25. The zero-order valence-corrected chi connectivity index (χ0v) is 15.8. The number of hydrogen-bond acceptors (Lipinski definition) is 4. The first-order chi connectivity index (χ1) is 12.4. The van der Waals surface area contributed by atoms with Gasteiger partial charge in [-0.3, -0.25) is 9.10 Å². The van der Waals surface area contributed by atoms with Crippen molar-refractivity contribution < 1.29 is 17.9 Å². The molecule has 0 aliphatic carbocycles. The van der Waals surface area contributed by atoms with Gasteiger partial charge in [0.15, 0.2) is 0 Å².